The van der Waals surface area contributed by atoms with Crippen LogP contribution in [0.25, 0.3) is 10.9 Å². The van der Waals surface area contributed by atoms with Gasteiger partial charge in [0.1, 0.15) is 5.82 Å². The van der Waals surface area contributed by atoms with Crippen LogP contribution in [0, 0.1) is 18.7 Å². The number of hydrogen-bond donors (Lipinski definition) is 2. The van der Waals surface area contributed by atoms with E-state index < -0.39 is 0 Å². The summed E-state index contributed by atoms with van der Waals surface area (Å²) in [4.78, 5) is 27.6. The summed E-state index contributed by atoms with van der Waals surface area (Å²) in [5.74, 6) is -0.297. The molecule has 1 aromatic carbocycles. The van der Waals surface area contributed by atoms with Crippen molar-refractivity contribution in [1.29, 1.82) is 0 Å². The van der Waals surface area contributed by atoms with E-state index in [0.29, 0.717) is 28.6 Å². The molecule has 1 amide bonds. The fraction of sp³-hybridized carbons (Fsp3) is 0.400. The highest BCUT2D eigenvalue weighted by molar-refractivity contribution is 5.85. The van der Waals surface area contributed by atoms with Gasteiger partial charge in [0.2, 0.25) is 5.91 Å². The lowest BCUT2D eigenvalue weighted by molar-refractivity contribution is -0.121. The number of aryl methyl sites for hydroxylation is 1. The zero-order valence-electron chi connectivity index (χ0n) is 14.5. The minimum Gasteiger partial charge on any atom is -0.375 e. The van der Waals surface area contributed by atoms with Crippen LogP contribution in [0.1, 0.15) is 24.0 Å². The molecule has 5 nitrogen and oxygen atoms in total. The Labute approximate surface area is 150 Å². The molecule has 3 atom stereocenters. The predicted octanol–water partition coefficient (Wildman–Crippen LogP) is 2.37. The van der Waals surface area contributed by atoms with Crippen LogP contribution in [0.2, 0.25) is 0 Å². The Morgan fingerprint density at radius 3 is 3.00 bits per heavy atom. The number of hydrogen-bond acceptors (Lipinski definition) is 3. The van der Waals surface area contributed by atoms with Crippen molar-refractivity contribution in [2.45, 2.75) is 38.3 Å². The molecular formula is C20H21FN2O3. The Morgan fingerprint density at radius 1 is 1.35 bits per heavy atom. The Kier molecular flexibility index (Phi) is 4.36. The molecule has 0 saturated carbocycles. The van der Waals surface area contributed by atoms with Crippen LogP contribution in [0.15, 0.2) is 35.1 Å². The van der Waals surface area contributed by atoms with Crippen LogP contribution in [0.5, 0.6) is 0 Å². The van der Waals surface area contributed by atoms with Gasteiger partial charge in [0.15, 0.2) is 0 Å². The van der Waals surface area contributed by atoms with Gasteiger partial charge in [-0.2, -0.15) is 0 Å². The minimum atomic E-state index is -0.373. The molecule has 4 rings (SSSR count). The molecule has 2 aromatic rings. The Bertz CT molecular complexity index is 950. The number of nitrogens with one attached hydrogen (secondary N) is 2. The van der Waals surface area contributed by atoms with Crippen LogP contribution in [0.4, 0.5) is 4.39 Å². The van der Waals surface area contributed by atoms with Gasteiger partial charge in [0.25, 0.3) is 5.56 Å². The maximum Gasteiger partial charge on any atom is 0.252 e. The molecule has 2 heterocycles. The normalized spacial score (nSPS) is 24.6. The first kappa shape index (κ1) is 17.0. The first-order chi connectivity index (χ1) is 12.5. The number of aromatic amines is 1. The zero-order valence-corrected chi connectivity index (χ0v) is 14.5. The highest BCUT2D eigenvalue weighted by atomic mass is 19.1. The summed E-state index contributed by atoms with van der Waals surface area (Å²) in [5.41, 5.74) is 1.27. The van der Waals surface area contributed by atoms with Crippen molar-refractivity contribution in [3.05, 3.63) is 57.6 Å². The van der Waals surface area contributed by atoms with Gasteiger partial charge < -0.3 is 15.0 Å². The molecule has 1 aliphatic carbocycles. The lowest BCUT2D eigenvalue weighted by Gasteiger charge is -2.24. The lowest BCUT2D eigenvalue weighted by Crippen LogP contribution is -2.42. The van der Waals surface area contributed by atoms with Gasteiger partial charge in [-0.25, -0.2) is 4.39 Å². The molecule has 2 unspecified atom stereocenters. The molecule has 136 valence electrons. The van der Waals surface area contributed by atoms with Gasteiger partial charge in [0.05, 0.1) is 25.2 Å². The summed E-state index contributed by atoms with van der Waals surface area (Å²) in [6.07, 6.45) is 6.15. The van der Waals surface area contributed by atoms with Gasteiger partial charge in [-0.1, -0.05) is 12.2 Å². The van der Waals surface area contributed by atoms with E-state index in [0.717, 1.165) is 12.8 Å². The third-order valence-electron chi connectivity index (χ3n) is 5.47. The number of ether oxygens (including phenoxy) is 1. The van der Waals surface area contributed by atoms with Crippen molar-refractivity contribution >= 4 is 16.8 Å². The summed E-state index contributed by atoms with van der Waals surface area (Å²) in [7, 11) is 0. The topological polar surface area (TPSA) is 71.2 Å². The molecular weight excluding hydrogens is 335 g/mol. The first-order valence-corrected chi connectivity index (χ1v) is 8.90. The summed E-state index contributed by atoms with van der Waals surface area (Å²) in [5, 5.41) is 3.64. The molecule has 0 radical (unpaired) electrons. The van der Waals surface area contributed by atoms with Crippen molar-refractivity contribution in [3.63, 3.8) is 0 Å². The summed E-state index contributed by atoms with van der Waals surface area (Å²) in [6, 6.07) is 4.19. The van der Waals surface area contributed by atoms with Crippen LogP contribution in [-0.4, -0.2) is 29.6 Å². The lowest BCUT2D eigenvalue weighted by atomic mass is 9.87. The molecule has 0 bridgehead atoms. The number of rotatable bonds is 3. The smallest absolute Gasteiger partial charge is 0.252 e. The molecule has 2 N–H and O–H groups in total. The van der Waals surface area contributed by atoms with E-state index >= 15 is 0 Å². The fourth-order valence-electron chi connectivity index (χ4n) is 4.02. The maximum atomic E-state index is 13.5. The number of pyridine rings is 1. The molecule has 1 aliphatic heterocycles. The van der Waals surface area contributed by atoms with Crippen molar-refractivity contribution in [2.24, 2.45) is 5.92 Å². The Balaban J connectivity index is 1.54. The minimum absolute atomic E-state index is 0.0304. The second-order valence-electron chi connectivity index (χ2n) is 7.08. The van der Waals surface area contributed by atoms with E-state index in [1.54, 1.807) is 6.92 Å². The Morgan fingerprint density at radius 2 is 2.15 bits per heavy atom. The molecule has 1 aromatic heterocycles. The van der Waals surface area contributed by atoms with Crippen molar-refractivity contribution in [3.8, 4) is 0 Å². The molecule has 1 fully saturated rings. The zero-order chi connectivity index (χ0) is 18.3. The van der Waals surface area contributed by atoms with Gasteiger partial charge in [-0.15, -0.1) is 0 Å². The second-order valence-corrected chi connectivity index (χ2v) is 7.08. The number of fused-ring (bicyclic) bond motifs is 2. The number of halogens is 1. The molecule has 0 spiro atoms. The maximum absolute atomic E-state index is 13.5. The Hall–Kier alpha value is -2.47. The van der Waals surface area contributed by atoms with E-state index in [4.69, 9.17) is 4.74 Å². The van der Waals surface area contributed by atoms with Gasteiger partial charge in [-0.3, -0.25) is 9.59 Å². The number of amides is 1. The van der Waals surface area contributed by atoms with E-state index in [1.165, 1.54) is 18.2 Å². The standard InChI is InChI=1S/C20H21FN2O3/c1-11-14-8-12(21)6-7-16(14)23-20(25)15(11)9-19(24)22-17-10-26-18-5-3-2-4-13(17)18/h2-3,6-8,13,17-18H,4-5,9-10H2,1H3,(H,22,24)(H,23,25)/t13?,17-,18?/m0/s1. The van der Waals surface area contributed by atoms with E-state index in [2.05, 4.69) is 22.5 Å². The van der Waals surface area contributed by atoms with E-state index in [9.17, 15) is 14.0 Å². The molecule has 2 aliphatic rings. The fourth-order valence-corrected chi connectivity index (χ4v) is 4.02. The second kappa shape index (κ2) is 6.68. The number of allylic oxidation sites excluding steroid dienone is 1. The first-order valence-electron chi connectivity index (χ1n) is 8.90. The van der Waals surface area contributed by atoms with Crippen molar-refractivity contribution in [1.82, 2.24) is 10.3 Å². The number of aromatic nitrogens is 1. The summed E-state index contributed by atoms with van der Waals surface area (Å²) < 4.78 is 19.3. The van der Waals surface area contributed by atoms with Crippen LogP contribution in [-0.2, 0) is 16.0 Å². The largest absolute Gasteiger partial charge is 0.375 e. The molecule has 1 saturated heterocycles. The number of carbonyl (C=O) groups is 1. The number of H-pyrrole nitrogens is 1. The average Bonchev–Trinajstić information content (AvgIpc) is 3.02. The van der Waals surface area contributed by atoms with Crippen LogP contribution < -0.4 is 10.9 Å². The molecule has 6 heteroatoms. The third kappa shape index (κ3) is 3.05. The predicted molar refractivity (Wildman–Crippen MR) is 96.5 cm³/mol. The quantitative estimate of drug-likeness (QED) is 0.830. The van der Waals surface area contributed by atoms with Crippen LogP contribution >= 0.6 is 0 Å². The monoisotopic (exact) mass is 356 g/mol. The number of carbonyl (C=O) groups excluding carboxylic acids is 1. The van der Waals surface area contributed by atoms with Crippen LogP contribution in [0.3, 0.4) is 0 Å². The molecule has 26 heavy (non-hydrogen) atoms. The van der Waals surface area contributed by atoms with Gasteiger partial charge >= 0.3 is 0 Å². The van der Waals surface area contributed by atoms with E-state index in [-0.39, 0.29) is 41.8 Å². The van der Waals surface area contributed by atoms with Crippen molar-refractivity contribution < 1.29 is 13.9 Å². The average molecular weight is 356 g/mol. The van der Waals surface area contributed by atoms with Gasteiger partial charge in [0, 0.05) is 22.4 Å². The van der Waals surface area contributed by atoms with E-state index in [1.807, 2.05) is 0 Å². The number of benzene rings is 1. The third-order valence-corrected chi connectivity index (χ3v) is 5.47. The highest BCUT2D eigenvalue weighted by Crippen LogP contribution is 2.31. The van der Waals surface area contributed by atoms with Crippen molar-refractivity contribution in [2.75, 3.05) is 6.61 Å². The highest BCUT2D eigenvalue weighted by Gasteiger charge is 2.37. The van der Waals surface area contributed by atoms with Gasteiger partial charge in [-0.05, 0) is 43.5 Å². The summed E-state index contributed by atoms with van der Waals surface area (Å²) >= 11 is 0. The SMILES string of the molecule is Cc1c(CC(=O)N[C@H]2COC3CC=CCC32)c(=O)[nH]c2ccc(F)cc12. The summed E-state index contributed by atoms with van der Waals surface area (Å²) in [6.45, 7) is 2.25.